The Morgan fingerprint density at radius 3 is 2.96 bits per heavy atom. The van der Waals surface area contributed by atoms with Crippen molar-refractivity contribution in [3.05, 3.63) is 35.2 Å². The van der Waals surface area contributed by atoms with Gasteiger partial charge in [0.15, 0.2) is 0 Å². The number of aryl methyl sites for hydroxylation is 1. The van der Waals surface area contributed by atoms with Crippen molar-refractivity contribution in [2.45, 2.75) is 23.5 Å². The first-order valence-electron chi connectivity index (χ1n) is 6.90. The molecule has 2 aromatic heterocycles. The number of sulfonamides is 1. The summed E-state index contributed by atoms with van der Waals surface area (Å²) in [5.41, 5.74) is 6.48. The lowest BCUT2D eigenvalue weighted by Crippen LogP contribution is -2.37. The van der Waals surface area contributed by atoms with Gasteiger partial charge in [-0.15, -0.1) is 0 Å². The van der Waals surface area contributed by atoms with Crippen molar-refractivity contribution >= 4 is 27.4 Å². The quantitative estimate of drug-likeness (QED) is 0.839. The second kappa shape index (κ2) is 6.08. The summed E-state index contributed by atoms with van der Waals surface area (Å²) in [6, 6.07) is 0.865. The summed E-state index contributed by atoms with van der Waals surface area (Å²) in [7, 11) is -2.07. The summed E-state index contributed by atoms with van der Waals surface area (Å²) in [6.45, 7) is 0.454. The third-order valence-corrected chi connectivity index (χ3v) is 5.32. The molecule has 0 saturated carbocycles. The molecule has 0 bridgehead atoms. The van der Waals surface area contributed by atoms with Crippen molar-refractivity contribution in [3.63, 3.8) is 0 Å². The molecule has 1 aliphatic rings. The molecular formula is C13H16ClN5O3S. The Morgan fingerprint density at radius 1 is 1.48 bits per heavy atom. The molecule has 10 heteroatoms. The Labute approximate surface area is 138 Å². The van der Waals surface area contributed by atoms with Crippen LogP contribution < -0.4 is 10.5 Å². The van der Waals surface area contributed by atoms with Gasteiger partial charge in [0.1, 0.15) is 16.8 Å². The number of nitrogens with two attached hydrogens (primary N) is 1. The fraction of sp³-hybridized carbons (Fsp3) is 0.385. The van der Waals surface area contributed by atoms with Crippen LogP contribution in [-0.2, 0) is 21.8 Å². The van der Waals surface area contributed by atoms with E-state index in [1.807, 2.05) is 0 Å². The van der Waals surface area contributed by atoms with Crippen LogP contribution in [0.3, 0.4) is 0 Å². The van der Waals surface area contributed by atoms with E-state index in [9.17, 15) is 8.42 Å². The minimum atomic E-state index is -3.86. The van der Waals surface area contributed by atoms with E-state index in [1.165, 1.54) is 12.3 Å². The first-order valence-corrected chi connectivity index (χ1v) is 8.76. The van der Waals surface area contributed by atoms with E-state index in [0.29, 0.717) is 13.0 Å². The number of hydrogen-bond donors (Lipinski definition) is 2. The van der Waals surface area contributed by atoms with Gasteiger partial charge in [-0.25, -0.2) is 18.1 Å². The number of nitrogens with zero attached hydrogens (tertiary/aromatic N) is 3. The van der Waals surface area contributed by atoms with Gasteiger partial charge in [-0.05, 0) is 12.5 Å². The fourth-order valence-corrected chi connectivity index (χ4v) is 4.13. The van der Waals surface area contributed by atoms with E-state index in [2.05, 4.69) is 14.8 Å². The molecule has 23 heavy (non-hydrogen) atoms. The molecule has 2 aromatic rings. The summed E-state index contributed by atoms with van der Waals surface area (Å²) < 4.78 is 35.1. The zero-order chi connectivity index (χ0) is 16.6. The normalized spacial score (nSPS) is 21.7. The van der Waals surface area contributed by atoms with E-state index in [-0.39, 0.29) is 15.7 Å². The molecule has 0 spiro atoms. The number of rotatable bonds is 4. The topological polar surface area (TPSA) is 112 Å². The molecule has 3 heterocycles. The maximum Gasteiger partial charge on any atom is 0.244 e. The highest BCUT2D eigenvalue weighted by molar-refractivity contribution is 7.89. The van der Waals surface area contributed by atoms with E-state index in [0.717, 1.165) is 5.56 Å². The molecule has 0 amide bonds. The minimum Gasteiger partial charge on any atom is -0.383 e. The SMILES string of the molecule is Cn1cc([C@H]2OCC[C@@H]2NS(=O)(=O)c2cc(Cl)cnc2N)cn1. The monoisotopic (exact) mass is 357 g/mol. The van der Waals surface area contributed by atoms with Crippen LogP contribution in [0.15, 0.2) is 29.6 Å². The van der Waals surface area contributed by atoms with Crippen LogP contribution in [0.1, 0.15) is 18.1 Å². The Bertz CT molecular complexity index is 823. The summed E-state index contributed by atoms with van der Waals surface area (Å²) in [6.07, 6.45) is 4.91. The molecule has 1 saturated heterocycles. The van der Waals surface area contributed by atoms with Gasteiger partial charge in [0.25, 0.3) is 0 Å². The average Bonchev–Trinajstić information content (AvgIpc) is 3.09. The van der Waals surface area contributed by atoms with E-state index >= 15 is 0 Å². The Balaban J connectivity index is 1.86. The van der Waals surface area contributed by atoms with Crippen LogP contribution in [0.2, 0.25) is 5.02 Å². The zero-order valence-corrected chi connectivity index (χ0v) is 13.9. The Kier molecular flexibility index (Phi) is 4.28. The molecule has 2 atom stereocenters. The molecule has 0 radical (unpaired) electrons. The smallest absolute Gasteiger partial charge is 0.244 e. The van der Waals surface area contributed by atoms with E-state index in [1.54, 1.807) is 24.1 Å². The molecule has 0 unspecified atom stereocenters. The summed E-state index contributed by atoms with van der Waals surface area (Å²) >= 11 is 5.82. The van der Waals surface area contributed by atoms with E-state index < -0.39 is 22.2 Å². The lowest BCUT2D eigenvalue weighted by Gasteiger charge is -2.19. The maximum atomic E-state index is 12.6. The number of nitrogens with one attached hydrogen (secondary N) is 1. The second-order valence-corrected chi connectivity index (χ2v) is 7.41. The zero-order valence-electron chi connectivity index (χ0n) is 12.3. The van der Waals surface area contributed by atoms with Gasteiger partial charge < -0.3 is 10.5 Å². The number of nitrogen functional groups attached to an aromatic ring is 1. The van der Waals surface area contributed by atoms with Gasteiger partial charge in [0.2, 0.25) is 10.0 Å². The lowest BCUT2D eigenvalue weighted by atomic mass is 10.1. The number of hydrogen-bond acceptors (Lipinski definition) is 6. The molecule has 0 aliphatic carbocycles. The van der Waals surface area contributed by atoms with Gasteiger partial charge in [0, 0.05) is 31.6 Å². The van der Waals surface area contributed by atoms with Gasteiger partial charge in [-0.3, -0.25) is 4.68 Å². The average molecular weight is 358 g/mol. The third-order valence-electron chi connectivity index (χ3n) is 3.59. The molecule has 1 aliphatic heterocycles. The first-order chi connectivity index (χ1) is 10.9. The largest absolute Gasteiger partial charge is 0.383 e. The standard InChI is InChI=1S/C13H16ClN5O3S/c1-19-7-8(5-17-19)12-10(2-3-22-12)18-23(20,21)11-4-9(14)6-16-13(11)15/h4-7,10,12,18H,2-3H2,1H3,(H2,15,16)/t10-,12+/m0/s1. The minimum absolute atomic E-state index is 0.0984. The first kappa shape index (κ1) is 16.2. The van der Waals surface area contributed by atoms with Crippen molar-refractivity contribution in [1.82, 2.24) is 19.5 Å². The Morgan fingerprint density at radius 2 is 2.26 bits per heavy atom. The predicted octanol–water partition coefficient (Wildman–Crippen LogP) is 0.859. The van der Waals surface area contributed by atoms with Crippen LogP contribution in [0, 0.1) is 0 Å². The molecule has 0 aromatic carbocycles. The molecule has 8 nitrogen and oxygen atoms in total. The number of ether oxygens (including phenoxy) is 1. The molecule has 1 fully saturated rings. The number of aromatic nitrogens is 3. The van der Waals surface area contributed by atoms with Crippen LogP contribution in [0.5, 0.6) is 0 Å². The van der Waals surface area contributed by atoms with Crippen molar-refractivity contribution in [2.75, 3.05) is 12.3 Å². The highest BCUT2D eigenvalue weighted by atomic mass is 35.5. The molecule has 124 valence electrons. The van der Waals surface area contributed by atoms with Crippen molar-refractivity contribution in [2.24, 2.45) is 7.05 Å². The molecule has 3 rings (SSSR count). The highest BCUT2D eigenvalue weighted by Crippen LogP contribution is 2.30. The van der Waals surface area contributed by atoms with Crippen LogP contribution in [0.25, 0.3) is 0 Å². The molecular weight excluding hydrogens is 342 g/mol. The lowest BCUT2D eigenvalue weighted by molar-refractivity contribution is 0.102. The van der Waals surface area contributed by atoms with Crippen LogP contribution >= 0.6 is 11.6 Å². The predicted molar refractivity (Wildman–Crippen MR) is 84.3 cm³/mol. The third kappa shape index (κ3) is 3.32. The van der Waals surface area contributed by atoms with Gasteiger partial charge in [-0.2, -0.15) is 5.10 Å². The van der Waals surface area contributed by atoms with Crippen molar-refractivity contribution in [3.8, 4) is 0 Å². The number of anilines is 1. The summed E-state index contributed by atoms with van der Waals surface area (Å²) in [5.74, 6) is -0.0984. The number of halogens is 1. The number of pyridine rings is 1. The fourth-order valence-electron chi connectivity index (χ4n) is 2.54. The highest BCUT2D eigenvalue weighted by Gasteiger charge is 2.34. The Hall–Kier alpha value is -1.68. The van der Waals surface area contributed by atoms with Crippen molar-refractivity contribution in [1.29, 1.82) is 0 Å². The summed E-state index contributed by atoms with van der Waals surface area (Å²) in [5, 5.41) is 4.29. The summed E-state index contributed by atoms with van der Waals surface area (Å²) in [4.78, 5) is 3.64. The maximum absolute atomic E-state index is 12.6. The van der Waals surface area contributed by atoms with Crippen molar-refractivity contribution < 1.29 is 13.2 Å². The van der Waals surface area contributed by atoms with E-state index in [4.69, 9.17) is 22.1 Å². The van der Waals surface area contributed by atoms with Gasteiger partial charge in [0.05, 0.1) is 17.3 Å². The molecule has 3 N–H and O–H groups in total. The van der Waals surface area contributed by atoms with Crippen LogP contribution in [0.4, 0.5) is 5.82 Å². The van der Waals surface area contributed by atoms with Gasteiger partial charge >= 0.3 is 0 Å². The second-order valence-electron chi connectivity index (χ2n) is 5.29. The van der Waals surface area contributed by atoms with Crippen LogP contribution in [-0.4, -0.2) is 35.8 Å². The van der Waals surface area contributed by atoms with Gasteiger partial charge in [-0.1, -0.05) is 11.6 Å².